The van der Waals surface area contributed by atoms with Crippen molar-refractivity contribution in [3.05, 3.63) is 24.2 Å². The third kappa shape index (κ3) is 4.03. The summed E-state index contributed by atoms with van der Waals surface area (Å²) >= 11 is 0. The summed E-state index contributed by atoms with van der Waals surface area (Å²) in [5.74, 6) is 0.886. The average Bonchev–Trinajstić information content (AvgIpc) is 2.70. The molecule has 1 rings (SSSR count). The minimum Gasteiger partial charge on any atom is -0.468 e. The minimum absolute atomic E-state index is 0.150. The van der Waals surface area contributed by atoms with Gasteiger partial charge in [-0.05, 0) is 18.6 Å². The first-order valence-corrected chi connectivity index (χ1v) is 4.93. The fraction of sp³-hybridized carbons (Fsp3) is 0.500. The Balaban J connectivity index is 2.26. The summed E-state index contributed by atoms with van der Waals surface area (Å²) in [5.41, 5.74) is 4.83. The van der Waals surface area contributed by atoms with E-state index >= 15 is 0 Å². The fourth-order valence-electron chi connectivity index (χ4n) is 1.32. The van der Waals surface area contributed by atoms with Crippen LogP contribution in [0.1, 0.15) is 25.1 Å². The maximum absolute atomic E-state index is 10.3. The highest BCUT2D eigenvalue weighted by Crippen LogP contribution is 2.15. The van der Waals surface area contributed by atoms with Crippen molar-refractivity contribution >= 4 is 6.09 Å². The Kier molecular flexibility index (Phi) is 4.70. The van der Waals surface area contributed by atoms with Gasteiger partial charge >= 0.3 is 6.09 Å². The number of nitrogens with two attached hydrogens (primary N) is 1. The van der Waals surface area contributed by atoms with E-state index in [1.54, 1.807) is 6.26 Å². The molecular weight excluding hydrogens is 196 g/mol. The molecule has 0 saturated carbocycles. The van der Waals surface area contributed by atoms with Crippen molar-refractivity contribution < 1.29 is 13.9 Å². The highest BCUT2D eigenvalue weighted by Gasteiger charge is 2.10. The standard InChI is InChI=1S/C10H16N2O3/c1-2-8(9-4-3-6-14-9)12-5-7-15-10(11)13/h3-4,6,8,12H,2,5,7H2,1H3,(H2,11,13). The zero-order valence-corrected chi connectivity index (χ0v) is 8.73. The Morgan fingerprint density at radius 1 is 1.73 bits per heavy atom. The van der Waals surface area contributed by atoms with Crippen LogP contribution in [-0.4, -0.2) is 19.2 Å². The van der Waals surface area contributed by atoms with Gasteiger partial charge in [0.15, 0.2) is 0 Å². The van der Waals surface area contributed by atoms with Crippen LogP contribution in [0.4, 0.5) is 4.79 Å². The summed E-state index contributed by atoms with van der Waals surface area (Å²) in [6, 6.07) is 3.91. The van der Waals surface area contributed by atoms with Gasteiger partial charge in [0.05, 0.1) is 12.3 Å². The first kappa shape index (κ1) is 11.6. The molecule has 0 aliphatic heterocycles. The van der Waals surface area contributed by atoms with Crippen molar-refractivity contribution in [2.24, 2.45) is 5.73 Å². The molecule has 1 atom stereocenters. The van der Waals surface area contributed by atoms with Gasteiger partial charge < -0.3 is 20.2 Å². The van der Waals surface area contributed by atoms with Crippen LogP contribution < -0.4 is 11.1 Å². The van der Waals surface area contributed by atoms with Crippen molar-refractivity contribution in [2.75, 3.05) is 13.2 Å². The van der Waals surface area contributed by atoms with Gasteiger partial charge in [0, 0.05) is 6.54 Å². The zero-order valence-electron chi connectivity index (χ0n) is 8.73. The molecule has 0 saturated heterocycles. The van der Waals surface area contributed by atoms with E-state index < -0.39 is 6.09 Å². The number of amides is 1. The molecule has 1 aromatic rings. The second-order valence-electron chi connectivity index (χ2n) is 3.10. The number of primary amides is 1. The van der Waals surface area contributed by atoms with Crippen LogP contribution in [0.5, 0.6) is 0 Å². The third-order valence-corrected chi connectivity index (χ3v) is 2.03. The lowest BCUT2D eigenvalue weighted by Crippen LogP contribution is -2.26. The molecule has 0 aromatic carbocycles. The third-order valence-electron chi connectivity index (χ3n) is 2.03. The van der Waals surface area contributed by atoms with Gasteiger partial charge in [-0.1, -0.05) is 6.92 Å². The Bertz CT molecular complexity index is 285. The Labute approximate surface area is 88.6 Å². The number of nitrogens with one attached hydrogen (secondary N) is 1. The molecular formula is C10H16N2O3. The van der Waals surface area contributed by atoms with Crippen molar-refractivity contribution in [3.8, 4) is 0 Å². The SMILES string of the molecule is CCC(NCCOC(N)=O)c1ccco1. The van der Waals surface area contributed by atoms with Gasteiger partial charge in [0.2, 0.25) is 0 Å². The first-order valence-electron chi connectivity index (χ1n) is 4.93. The van der Waals surface area contributed by atoms with Gasteiger partial charge in [-0.2, -0.15) is 0 Å². The molecule has 0 aliphatic carbocycles. The summed E-state index contributed by atoms with van der Waals surface area (Å²) in [6.07, 6.45) is 1.80. The lowest BCUT2D eigenvalue weighted by Gasteiger charge is -2.13. The number of carbonyl (C=O) groups excluding carboxylic acids is 1. The van der Waals surface area contributed by atoms with Gasteiger partial charge in [-0.3, -0.25) is 0 Å². The molecule has 0 spiro atoms. The van der Waals surface area contributed by atoms with E-state index in [4.69, 9.17) is 10.2 Å². The highest BCUT2D eigenvalue weighted by molar-refractivity contribution is 5.64. The molecule has 5 heteroatoms. The van der Waals surface area contributed by atoms with Gasteiger partial charge in [0.25, 0.3) is 0 Å². The topological polar surface area (TPSA) is 77.5 Å². The van der Waals surface area contributed by atoms with Crippen molar-refractivity contribution in [3.63, 3.8) is 0 Å². The highest BCUT2D eigenvalue weighted by atomic mass is 16.5. The summed E-state index contributed by atoms with van der Waals surface area (Å²) < 4.78 is 9.87. The number of furan rings is 1. The van der Waals surface area contributed by atoms with Gasteiger partial charge in [-0.15, -0.1) is 0 Å². The lowest BCUT2D eigenvalue weighted by molar-refractivity contribution is 0.155. The maximum atomic E-state index is 10.3. The van der Waals surface area contributed by atoms with E-state index in [-0.39, 0.29) is 12.6 Å². The second kappa shape index (κ2) is 6.08. The fourth-order valence-corrected chi connectivity index (χ4v) is 1.32. The zero-order chi connectivity index (χ0) is 11.1. The monoisotopic (exact) mass is 212 g/mol. The van der Waals surface area contributed by atoms with Gasteiger partial charge in [-0.25, -0.2) is 4.79 Å². The predicted molar refractivity (Wildman–Crippen MR) is 55.3 cm³/mol. The van der Waals surface area contributed by atoms with Crippen molar-refractivity contribution in [2.45, 2.75) is 19.4 Å². The van der Waals surface area contributed by atoms with E-state index in [0.29, 0.717) is 6.54 Å². The Morgan fingerprint density at radius 2 is 2.53 bits per heavy atom. The van der Waals surface area contributed by atoms with Crippen LogP contribution >= 0.6 is 0 Å². The molecule has 15 heavy (non-hydrogen) atoms. The normalized spacial score (nSPS) is 12.3. The van der Waals surface area contributed by atoms with Crippen molar-refractivity contribution in [1.82, 2.24) is 5.32 Å². The number of rotatable bonds is 6. The summed E-state index contributed by atoms with van der Waals surface area (Å²) in [7, 11) is 0. The Morgan fingerprint density at radius 3 is 3.07 bits per heavy atom. The largest absolute Gasteiger partial charge is 0.468 e. The smallest absolute Gasteiger partial charge is 0.404 e. The predicted octanol–water partition coefficient (Wildman–Crippen LogP) is 1.42. The summed E-state index contributed by atoms with van der Waals surface area (Å²) in [5, 5.41) is 3.20. The molecule has 5 nitrogen and oxygen atoms in total. The molecule has 3 N–H and O–H groups in total. The van der Waals surface area contributed by atoms with E-state index in [0.717, 1.165) is 12.2 Å². The second-order valence-corrected chi connectivity index (χ2v) is 3.10. The molecule has 0 bridgehead atoms. The van der Waals surface area contributed by atoms with E-state index in [9.17, 15) is 4.79 Å². The number of ether oxygens (including phenoxy) is 1. The maximum Gasteiger partial charge on any atom is 0.404 e. The van der Waals surface area contributed by atoms with Crippen LogP contribution in [0.25, 0.3) is 0 Å². The van der Waals surface area contributed by atoms with Crippen LogP contribution in [0.3, 0.4) is 0 Å². The first-order chi connectivity index (χ1) is 7.24. The van der Waals surface area contributed by atoms with Crippen molar-refractivity contribution in [1.29, 1.82) is 0 Å². The van der Waals surface area contributed by atoms with Crippen LogP contribution in [0, 0.1) is 0 Å². The van der Waals surface area contributed by atoms with Crippen LogP contribution in [0.2, 0.25) is 0 Å². The van der Waals surface area contributed by atoms with Gasteiger partial charge in [0.1, 0.15) is 12.4 Å². The molecule has 0 aliphatic rings. The molecule has 0 fully saturated rings. The number of hydrogen-bond acceptors (Lipinski definition) is 4. The summed E-state index contributed by atoms with van der Waals surface area (Å²) in [4.78, 5) is 10.3. The molecule has 0 radical (unpaired) electrons. The minimum atomic E-state index is -0.747. The molecule has 1 amide bonds. The quantitative estimate of drug-likeness (QED) is 0.699. The Hall–Kier alpha value is -1.49. The summed E-state index contributed by atoms with van der Waals surface area (Å²) in [6.45, 7) is 2.88. The van der Waals surface area contributed by atoms with Crippen LogP contribution in [0.15, 0.2) is 22.8 Å². The van der Waals surface area contributed by atoms with E-state index in [1.807, 2.05) is 12.1 Å². The van der Waals surface area contributed by atoms with E-state index in [2.05, 4.69) is 17.0 Å². The lowest BCUT2D eigenvalue weighted by atomic mass is 10.2. The average molecular weight is 212 g/mol. The molecule has 84 valence electrons. The number of hydrogen-bond donors (Lipinski definition) is 2. The molecule has 1 aromatic heterocycles. The molecule has 1 heterocycles. The molecule has 1 unspecified atom stereocenters. The number of carbonyl (C=O) groups is 1. The van der Waals surface area contributed by atoms with Crippen LogP contribution in [-0.2, 0) is 4.74 Å². The van der Waals surface area contributed by atoms with E-state index in [1.165, 1.54) is 0 Å².